The van der Waals surface area contributed by atoms with Gasteiger partial charge in [0.1, 0.15) is 0 Å². The van der Waals surface area contributed by atoms with Crippen LogP contribution >= 0.6 is 0 Å². The third-order valence-corrected chi connectivity index (χ3v) is 11.8. The largest absolute Gasteiger partial charge is 0.309 e. The maximum Gasteiger partial charge on any atom is 0.0562 e. The molecule has 3 heterocycles. The first-order valence-corrected chi connectivity index (χ1v) is 19.6. The first-order chi connectivity index (χ1) is 28.3. The molecule has 3 aromatic heterocycles. The van der Waals surface area contributed by atoms with E-state index in [1.807, 2.05) is 0 Å². The zero-order valence-corrected chi connectivity index (χ0v) is 31.0. The van der Waals surface area contributed by atoms with Gasteiger partial charge in [0, 0.05) is 49.4 Å². The van der Waals surface area contributed by atoms with Crippen LogP contribution in [0.4, 0.5) is 0 Å². The van der Waals surface area contributed by atoms with E-state index in [9.17, 15) is 0 Å². The molecule has 9 aromatic carbocycles. The number of aromatic nitrogens is 3. The van der Waals surface area contributed by atoms with E-state index < -0.39 is 0 Å². The Morgan fingerprint density at radius 1 is 0.193 bits per heavy atom. The molecule has 0 atom stereocenters. The van der Waals surface area contributed by atoms with E-state index in [4.69, 9.17) is 0 Å². The molecule has 0 N–H and O–H groups in total. The van der Waals surface area contributed by atoms with Crippen molar-refractivity contribution in [3.05, 3.63) is 212 Å². The number of para-hydroxylation sites is 4. The highest BCUT2D eigenvalue weighted by Crippen LogP contribution is 2.42. The molecule has 3 heteroatoms. The second-order valence-corrected chi connectivity index (χ2v) is 15.0. The van der Waals surface area contributed by atoms with Crippen molar-refractivity contribution in [2.24, 2.45) is 0 Å². The van der Waals surface area contributed by atoms with E-state index in [0.717, 1.165) is 11.4 Å². The average Bonchev–Trinajstić information content (AvgIpc) is 3.91. The van der Waals surface area contributed by atoms with Crippen LogP contribution in [0.25, 0.3) is 105 Å². The molecule has 0 saturated carbocycles. The van der Waals surface area contributed by atoms with E-state index >= 15 is 0 Å². The van der Waals surface area contributed by atoms with Crippen molar-refractivity contribution in [2.75, 3.05) is 0 Å². The van der Waals surface area contributed by atoms with E-state index in [-0.39, 0.29) is 0 Å². The molecule has 0 aliphatic carbocycles. The molecule has 0 bridgehead atoms. The van der Waals surface area contributed by atoms with Crippen molar-refractivity contribution in [3.63, 3.8) is 0 Å². The van der Waals surface area contributed by atoms with E-state index in [0.29, 0.717) is 0 Å². The highest BCUT2D eigenvalue weighted by atomic mass is 15.0. The summed E-state index contributed by atoms with van der Waals surface area (Å²) < 4.78 is 7.24. The zero-order valence-electron chi connectivity index (χ0n) is 31.0. The van der Waals surface area contributed by atoms with Crippen LogP contribution in [0.3, 0.4) is 0 Å². The monoisotopic (exact) mass is 725 g/mol. The molecule has 0 saturated heterocycles. The van der Waals surface area contributed by atoms with Crippen molar-refractivity contribution in [1.82, 2.24) is 13.7 Å². The smallest absolute Gasteiger partial charge is 0.0562 e. The Labute approximate surface area is 329 Å². The van der Waals surface area contributed by atoms with Gasteiger partial charge in [-0.1, -0.05) is 127 Å². The topological polar surface area (TPSA) is 14.8 Å². The number of nitrogens with zero attached hydrogens (tertiary/aromatic N) is 3. The lowest BCUT2D eigenvalue weighted by Crippen LogP contribution is -1.96. The maximum absolute atomic E-state index is 2.44. The van der Waals surface area contributed by atoms with E-state index in [1.165, 1.54) is 93.4 Å². The quantitative estimate of drug-likeness (QED) is 0.168. The predicted molar refractivity (Wildman–Crippen MR) is 240 cm³/mol. The van der Waals surface area contributed by atoms with Crippen LogP contribution in [-0.2, 0) is 0 Å². The van der Waals surface area contributed by atoms with Crippen LogP contribution in [-0.4, -0.2) is 13.7 Å². The molecule has 0 fully saturated rings. The van der Waals surface area contributed by atoms with Crippen LogP contribution in [0, 0.1) is 0 Å². The second-order valence-electron chi connectivity index (χ2n) is 15.0. The fourth-order valence-electron chi connectivity index (χ4n) is 9.24. The van der Waals surface area contributed by atoms with Crippen LogP contribution in [0.15, 0.2) is 212 Å². The summed E-state index contributed by atoms with van der Waals surface area (Å²) >= 11 is 0. The molecule has 0 aliphatic heterocycles. The molecular weight excluding hydrogens is 691 g/mol. The Hall–Kier alpha value is -7.62. The molecule has 0 radical (unpaired) electrons. The molecule has 3 nitrogen and oxygen atoms in total. The summed E-state index contributed by atoms with van der Waals surface area (Å²) in [6, 6.07) is 77.4. The molecule has 57 heavy (non-hydrogen) atoms. The van der Waals surface area contributed by atoms with Gasteiger partial charge < -0.3 is 13.7 Å². The lowest BCUT2D eigenvalue weighted by molar-refractivity contribution is 1.16. The summed E-state index contributed by atoms with van der Waals surface area (Å²) in [5.74, 6) is 0. The van der Waals surface area contributed by atoms with Crippen molar-refractivity contribution >= 4 is 65.4 Å². The number of benzene rings is 9. The van der Waals surface area contributed by atoms with E-state index in [1.54, 1.807) is 0 Å². The number of rotatable bonds is 5. The first kappa shape index (κ1) is 31.7. The SMILES string of the molecule is c1ccc(-c2ccc(-n3c4ccccc4c4cc5c6cc(-c7ccc8c(c7)c7ccccc7n8-c7ccccc7)ccc6n(-c6ccccc6)c5cc43)cc2)cc1. The van der Waals surface area contributed by atoms with Gasteiger partial charge in [-0.15, -0.1) is 0 Å². The molecule has 0 unspecified atom stereocenters. The summed E-state index contributed by atoms with van der Waals surface area (Å²) in [7, 11) is 0. The summed E-state index contributed by atoms with van der Waals surface area (Å²) in [4.78, 5) is 0. The molecule has 0 aliphatic rings. The van der Waals surface area contributed by atoms with Crippen molar-refractivity contribution in [2.45, 2.75) is 0 Å². The first-order valence-electron chi connectivity index (χ1n) is 19.6. The third kappa shape index (κ3) is 4.86. The highest BCUT2D eigenvalue weighted by Gasteiger charge is 2.20. The van der Waals surface area contributed by atoms with Gasteiger partial charge in [0.25, 0.3) is 0 Å². The van der Waals surface area contributed by atoms with Crippen molar-refractivity contribution in [3.8, 4) is 39.3 Å². The van der Waals surface area contributed by atoms with Crippen LogP contribution < -0.4 is 0 Å². The average molecular weight is 726 g/mol. The van der Waals surface area contributed by atoms with Gasteiger partial charge in [-0.05, 0) is 107 Å². The molecular formula is C54H35N3. The molecule has 0 spiro atoms. The summed E-state index contributed by atoms with van der Waals surface area (Å²) in [6.07, 6.45) is 0. The normalized spacial score (nSPS) is 11.9. The number of hydrogen-bond donors (Lipinski definition) is 0. The van der Waals surface area contributed by atoms with Gasteiger partial charge in [-0.25, -0.2) is 0 Å². The summed E-state index contributed by atoms with van der Waals surface area (Å²) in [6.45, 7) is 0. The summed E-state index contributed by atoms with van der Waals surface area (Å²) in [5.41, 5.74) is 15.5. The Balaban J connectivity index is 1.09. The molecule has 266 valence electrons. The van der Waals surface area contributed by atoms with Crippen LogP contribution in [0.2, 0.25) is 0 Å². The van der Waals surface area contributed by atoms with E-state index in [2.05, 4.69) is 226 Å². The highest BCUT2D eigenvalue weighted by molar-refractivity contribution is 6.20. The minimum atomic E-state index is 1.15. The van der Waals surface area contributed by atoms with Gasteiger partial charge in [-0.3, -0.25) is 0 Å². The second kappa shape index (κ2) is 12.5. The molecule has 12 rings (SSSR count). The Bertz CT molecular complexity index is 3480. The lowest BCUT2D eigenvalue weighted by Gasteiger charge is -2.11. The molecule has 12 aromatic rings. The van der Waals surface area contributed by atoms with Gasteiger partial charge in [0.15, 0.2) is 0 Å². The van der Waals surface area contributed by atoms with Gasteiger partial charge >= 0.3 is 0 Å². The summed E-state index contributed by atoms with van der Waals surface area (Å²) in [5, 5.41) is 7.49. The standard InChI is InChI=1S/C54H35N3/c1-4-14-36(15-5-1)37-24-28-42(29-25-37)57-50-23-13-11-21-44(50)47-34-48-46-33-39(27-31-52(46)56(54(48)35-53(47)57)41-18-8-3-9-19-41)38-26-30-51-45(32-38)43-20-10-12-22-49(43)55(51)40-16-6-2-7-17-40/h1-35H. The Kier molecular flexibility index (Phi) is 6.93. The van der Waals surface area contributed by atoms with Gasteiger partial charge in [-0.2, -0.15) is 0 Å². The van der Waals surface area contributed by atoms with Gasteiger partial charge in [0.2, 0.25) is 0 Å². The molecule has 0 amide bonds. The third-order valence-electron chi connectivity index (χ3n) is 11.8. The maximum atomic E-state index is 2.44. The Morgan fingerprint density at radius 2 is 0.544 bits per heavy atom. The van der Waals surface area contributed by atoms with Crippen molar-refractivity contribution < 1.29 is 0 Å². The van der Waals surface area contributed by atoms with Crippen LogP contribution in [0.5, 0.6) is 0 Å². The lowest BCUT2D eigenvalue weighted by atomic mass is 10.00. The predicted octanol–water partition coefficient (Wildman–Crippen LogP) is 14.3. The van der Waals surface area contributed by atoms with Crippen LogP contribution in [0.1, 0.15) is 0 Å². The van der Waals surface area contributed by atoms with Crippen molar-refractivity contribution in [1.29, 1.82) is 0 Å². The fourth-order valence-corrected chi connectivity index (χ4v) is 9.24. The minimum Gasteiger partial charge on any atom is -0.309 e. The fraction of sp³-hybridized carbons (Fsp3) is 0. The van der Waals surface area contributed by atoms with Gasteiger partial charge in [0.05, 0.1) is 33.1 Å². The Morgan fingerprint density at radius 3 is 1.09 bits per heavy atom. The minimum absolute atomic E-state index is 1.15. The number of fused-ring (bicyclic) bond motifs is 9. The zero-order chi connectivity index (χ0) is 37.5. The number of hydrogen-bond acceptors (Lipinski definition) is 0.